The Balaban J connectivity index is 2.17. The highest BCUT2D eigenvalue weighted by Crippen LogP contribution is 2.31. The van der Waals surface area contributed by atoms with Crippen molar-refractivity contribution in [3.05, 3.63) is 28.8 Å². The Kier molecular flexibility index (Phi) is 4.71. The second kappa shape index (κ2) is 6.12. The number of hydrogen-bond acceptors (Lipinski definition) is 3. The van der Waals surface area contributed by atoms with Gasteiger partial charge < -0.3 is 14.9 Å². The molecule has 0 saturated carbocycles. The van der Waals surface area contributed by atoms with Crippen LogP contribution in [0.5, 0.6) is 0 Å². The Morgan fingerprint density at radius 2 is 2.16 bits per heavy atom. The molecule has 1 saturated heterocycles. The average Bonchev–Trinajstić information content (AvgIpc) is 2.38. The number of anilines is 1. The number of rotatable bonds is 3. The third-order valence-electron chi connectivity index (χ3n) is 3.92. The Bertz CT molecular complexity index is 434. The highest BCUT2D eigenvalue weighted by Gasteiger charge is 2.23. The van der Waals surface area contributed by atoms with E-state index >= 15 is 0 Å². The molecule has 0 radical (unpaired) electrons. The summed E-state index contributed by atoms with van der Waals surface area (Å²) in [6.45, 7) is 3.83. The van der Waals surface area contributed by atoms with Crippen LogP contribution in [0, 0.1) is 0 Å². The smallest absolute Gasteiger partial charge is 0.0762 e. The third-order valence-corrected chi connectivity index (χ3v) is 4.22. The van der Waals surface area contributed by atoms with E-state index in [1.807, 2.05) is 18.2 Å². The first-order valence-electron chi connectivity index (χ1n) is 6.88. The Morgan fingerprint density at radius 3 is 2.74 bits per heavy atom. The van der Waals surface area contributed by atoms with Gasteiger partial charge in [0.15, 0.2) is 0 Å². The molecule has 1 aromatic carbocycles. The van der Waals surface area contributed by atoms with E-state index in [0.717, 1.165) is 29.4 Å². The van der Waals surface area contributed by atoms with Gasteiger partial charge in [-0.05, 0) is 51.6 Å². The molecule has 0 amide bonds. The predicted octanol–water partition coefficient (Wildman–Crippen LogP) is 2.92. The first kappa shape index (κ1) is 14.6. The SMILES string of the molecule is CC(O)c1ccc(N2CCCC(N(C)C)C2)c(Cl)c1. The topological polar surface area (TPSA) is 26.7 Å². The van der Waals surface area contributed by atoms with Crippen molar-refractivity contribution in [3.8, 4) is 0 Å². The number of benzene rings is 1. The summed E-state index contributed by atoms with van der Waals surface area (Å²) in [6, 6.07) is 6.45. The lowest BCUT2D eigenvalue weighted by molar-refractivity contribution is 0.199. The standard InChI is InChI=1S/C15H23ClN2O/c1-11(19)12-6-7-15(14(16)9-12)18-8-4-5-13(10-18)17(2)3/h6-7,9,11,13,19H,4-5,8,10H2,1-3H3. The molecule has 0 bridgehead atoms. The minimum absolute atomic E-state index is 0.470. The summed E-state index contributed by atoms with van der Waals surface area (Å²) in [5, 5.41) is 10.3. The van der Waals surface area contributed by atoms with Crippen LogP contribution in [-0.4, -0.2) is 43.2 Å². The highest BCUT2D eigenvalue weighted by atomic mass is 35.5. The maximum absolute atomic E-state index is 9.59. The lowest BCUT2D eigenvalue weighted by Gasteiger charge is -2.38. The third kappa shape index (κ3) is 3.41. The molecule has 4 heteroatoms. The van der Waals surface area contributed by atoms with Gasteiger partial charge in [-0.25, -0.2) is 0 Å². The van der Waals surface area contributed by atoms with E-state index in [0.29, 0.717) is 6.04 Å². The first-order valence-corrected chi connectivity index (χ1v) is 7.25. The maximum Gasteiger partial charge on any atom is 0.0762 e. The van der Waals surface area contributed by atoms with Crippen LogP contribution in [0.4, 0.5) is 5.69 Å². The summed E-state index contributed by atoms with van der Waals surface area (Å²) in [6.07, 6.45) is 1.96. The molecule has 1 N–H and O–H groups in total. The molecule has 0 aliphatic carbocycles. The van der Waals surface area contributed by atoms with E-state index in [1.165, 1.54) is 12.8 Å². The molecule has 2 atom stereocenters. The summed E-state index contributed by atoms with van der Waals surface area (Å²) in [7, 11) is 4.26. The van der Waals surface area contributed by atoms with Crippen LogP contribution in [0.2, 0.25) is 5.02 Å². The first-order chi connectivity index (χ1) is 8.99. The van der Waals surface area contributed by atoms with Crippen molar-refractivity contribution in [3.63, 3.8) is 0 Å². The van der Waals surface area contributed by atoms with Gasteiger partial charge in [0.2, 0.25) is 0 Å². The van der Waals surface area contributed by atoms with Crippen LogP contribution in [0.15, 0.2) is 18.2 Å². The number of aliphatic hydroxyl groups is 1. The molecule has 1 aliphatic rings. The van der Waals surface area contributed by atoms with Gasteiger partial charge in [0.1, 0.15) is 0 Å². The van der Waals surface area contributed by atoms with Gasteiger partial charge in [-0.1, -0.05) is 17.7 Å². The molecule has 1 aromatic rings. The summed E-state index contributed by atoms with van der Waals surface area (Å²) in [4.78, 5) is 4.63. The van der Waals surface area contributed by atoms with E-state index < -0.39 is 6.10 Å². The second-order valence-electron chi connectivity index (χ2n) is 5.59. The van der Waals surface area contributed by atoms with Crippen molar-refractivity contribution in [2.24, 2.45) is 0 Å². The molecule has 1 fully saturated rings. The van der Waals surface area contributed by atoms with Crippen LogP contribution >= 0.6 is 11.6 Å². The lowest BCUT2D eigenvalue weighted by atomic mass is 10.0. The molecule has 1 heterocycles. The predicted molar refractivity (Wildman–Crippen MR) is 81.0 cm³/mol. The molecule has 2 rings (SSSR count). The van der Waals surface area contributed by atoms with E-state index in [-0.39, 0.29) is 0 Å². The van der Waals surface area contributed by atoms with Gasteiger partial charge in [-0.15, -0.1) is 0 Å². The van der Waals surface area contributed by atoms with Crippen LogP contribution in [0.3, 0.4) is 0 Å². The fourth-order valence-corrected chi connectivity index (χ4v) is 2.94. The molecular formula is C15H23ClN2O. The summed E-state index contributed by atoms with van der Waals surface area (Å²) in [5.41, 5.74) is 1.95. The minimum atomic E-state index is -0.470. The molecule has 2 unspecified atom stereocenters. The van der Waals surface area contributed by atoms with Crippen LogP contribution in [0.1, 0.15) is 31.4 Å². The monoisotopic (exact) mass is 282 g/mol. The van der Waals surface area contributed by atoms with Gasteiger partial charge in [0, 0.05) is 19.1 Å². The van der Waals surface area contributed by atoms with Crippen molar-refractivity contribution in [1.29, 1.82) is 0 Å². The zero-order valence-electron chi connectivity index (χ0n) is 11.9. The quantitative estimate of drug-likeness (QED) is 0.923. The van der Waals surface area contributed by atoms with Gasteiger partial charge in [0.05, 0.1) is 16.8 Å². The summed E-state index contributed by atoms with van der Waals surface area (Å²) >= 11 is 6.37. The highest BCUT2D eigenvalue weighted by molar-refractivity contribution is 6.33. The molecular weight excluding hydrogens is 260 g/mol. The fourth-order valence-electron chi connectivity index (χ4n) is 2.63. The summed E-state index contributed by atoms with van der Waals surface area (Å²) < 4.78 is 0. The second-order valence-corrected chi connectivity index (χ2v) is 6.00. The molecule has 0 spiro atoms. The number of likely N-dealkylation sites (N-methyl/N-ethyl adjacent to an activating group) is 1. The van der Waals surface area contributed by atoms with Crippen LogP contribution in [-0.2, 0) is 0 Å². The Morgan fingerprint density at radius 1 is 1.42 bits per heavy atom. The molecule has 0 aromatic heterocycles. The van der Waals surface area contributed by atoms with Crippen molar-refractivity contribution in [1.82, 2.24) is 4.90 Å². The summed E-state index contributed by atoms with van der Waals surface area (Å²) in [5.74, 6) is 0. The minimum Gasteiger partial charge on any atom is -0.389 e. The van der Waals surface area contributed by atoms with E-state index in [4.69, 9.17) is 11.6 Å². The number of piperidine rings is 1. The maximum atomic E-state index is 9.59. The lowest BCUT2D eigenvalue weighted by Crippen LogP contribution is -2.45. The average molecular weight is 283 g/mol. The molecule has 3 nitrogen and oxygen atoms in total. The number of halogens is 1. The van der Waals surface area contributed by atoms with Crippen molar-refractivity contribution < 1.29 is 5.11 Å². The van der Waals surface area contributed by atoms with E-state index in [1.54, 1.807) is 6.92 Å². The van der Waals surface area contributed by atoms with Gasteiger partial charge in [-0.2, -0.15) is 0 Å². The number of aliphatic hydroxyl groups excluding tert-OH is 1. The van der Waals surface area contributed by atoms with E-state index in [2.05, 4.69) is 23.9 Å². The zero-order valence-corrected chi connectivity index (χ0v) is 12.7. The Labute approximate surface area is 120 Å². The van der Waals surface area contributed by atoms with Gasteiger partial charge in [0.25, 0.3) is 0 Å². The van der Waals surface area contributed by atoms with Crippen LogP contribution in [0.25, 0.3) is 0 Å². The molecule has 106 valence electrons. The van der Waals surface area contributed by atoms with Crippen molar-refractivity contribution >= 4 is 17.3 Å². The Hall–Kier alpha value is -0.770. The molecule has 19 heavy (non-hydrogen) atoms. The normalized spacial score (nSPS) is 21.8. The number of hydrogen-bond donors (Lipinski definition) is 1. The zero-order chi connectivity index (χ0) is 14.0. The van der Waals surface area contributed by atoms with E-state index in [9.17, 15) is 5.11 Å². The van der Waals surface area contributed by atoms with Crippen LogP contribution < -0.4 is 4.90 Å². The molecule has 1 aliphatic heterocycles. The fraction of sp³-hybridized carbons (Fsp3) is 0.600. The number of nitrogens with zero attached hydrogens (tertiary/aromatic N) is 2. The van der Waals surface area contributed by atoms with Crippen molar-refractivity contribution in [2.45, 2.75) is 31.9 Å². The van der Waals surface area contributed by atoms with Gasteiger partial charge >= 0.3 is 0 Å². The van der Waals surface area contributed by atoms with Crippen molar-refractivity contribution in [2.75, 3.05) is 32.1 Å². The largest absolute Gasteiger partial charge is 0.389 e. The van der Waals surface area contributed by atoms with Gasteiger partial charge in [-0.3, -0.25) is 0 Å².